The Labute approximate surface area is 140 Å². The van der Waals surface area contributed by atoms with Crippen LogP contribution in [0.1, 0.15) is 35.4 Å². The second-order valence-electron chi connectivity index (χ2n) is 6.51. The third-order valence-corrected chi connectivity index (χ3v) is 5.57. The van der Waals surface area contributed by atoms with Crippen LogP contribution in [0.3, 0.4) is 0 Å². The number of hydrogen-bond donors (Lipinski definition) is 1. The molecule has 2 aromatic rings. The third-order valence-electron chi connectivity index (χ3n) is 5.27. The maximum atomic E-state index is 13.7. The van der Waals surface area contributed by atoms with Crippen LogP contribution in [-0.4, -0.2) is 13.1 Å². The summed E-state index contributed by atoms with van der Waals surface area (Å²) in [7, 11) is 0. The molecular formula is C19H19ClFNO. The summed E-state index contributed by atoms with van der Waals surface area (Å²) in [5, 5.41) is 4.08. The average molecular weight is 332 g/mol. The Morgan fingerprint density at radius 1 is 1.22 bits per heavy atom. The largest absolute Gasteiger partial charge is 0.487 e. The molecular weight excluding hydrogens is 313 g/mol. The van der Waals surface area contributed by atoms with Gasteiger partial charge in [-0.05, 0) is 47.7 Å². The van der Waals surface area contributed by atoms with E-state index in [1.165, 1.54) is 17.2 Å². The standard InChI is InChI=1S/C19H19ClFNO/c1-11-13-6-17(20)19(7-14(13)16-9-22-8-15(11)16)23-10-12-4-2-3-5-18(12)21/h2-7,11,15-16,22H,8-10H2,1H3. The summed E-state index contributed by atoms with van der Waals surface area (Å²) < 4.78 is 19.5. The Hall–Kier alpha value is -1.58. The van der Waals surface area contributed by atoms with Crippen LogP contribution in [0.5, 0.6) is 5.75 Å². The number of halogens is 2. The molecule has 4 rings (SSSR count). The van der Waals surface area contributed by atoms with Crippen molar-refractivity contribution in [1.29, 1.82) is 0 Å². The van der Waals surface area contributed by atoms with Crippen LogP contribution in [0.4, 0.5) is 4.39 Å². The van der Waals surface area contributed by atoms with Crippen molar-refractivity contribution in [2.75, 3.05) is 13.1 Å². The number of ether oxygens (including phenoxy) is 1. The maximum Gasteiger partial charge on any atom is 0.138 e. The summed E-state index contributed by atoms with van der Waals surface area (Å²) >= 11 is 6.40. The lowest BCUT2D eigenvalue weighted by molar-refractivity contribution is 0.299. The van der Waals surface area contributed by atoms with Gasteiger partial charge in [-0.15, -0.1) is 0 Å². The Morgan fingerprint density at radius 3 is 2.87 bits per heavy atom. The highest BCUT2D eigenvalue weighted by Gasteiger charge is 2.41. The lowest BCUT2D eigenvalue weighted by Crippen LogP contribution is -2.12. The van der Waals surface area contributed by atoms with Gasteiger partial charge in [0.2, 0.25) is 0 Å². The van der Waals surface area contributed by atoms with Gasteiger partial charge in [0, 0.05) is 18.0 Å². The molecule has 0 saturated carbocycles. The first-order valence-electron chi connectivity index (χ1n) is 8.05. The lowest BCUT2D eigenvalue weighted by atomic mass is 9.91. The molecule has 4 heteroatoms. The number of hydrogen-bond acceptors (Lipinski definition) is 2. The molecule has 0 bridgehead atoms. The number of rotatable bonds is 3. The molecule has 1 heterocycles. The summed E-state index contributed by atoms with van der Waals surface area (Å²) in [6.45, 7) is 4.53. The van der Waals surface area contributed by atoms with E-state index < -0.39 is 0 Å². The van der Waals surface area contributed by atoms with E-state index in [-0.39, 0.29) is 12.4 Å². The molecule has 0 spiro atoms. The minimum absolute atomic E-state index is 0.188. The van der Waals surface area contributed by atoms with Crippen molar-refractivity contribution in [1.82, 2.24) is 5.32 Å². The fraction of sp³-hybridized carbons (Fsp3) is 0.368. The topological polar surface area (TPSA) is 21.3 Å². The average Bonchev–Trinajstić information content (AvgIpc) is 3.11. The molecule has 1 N–H and O–H groups in total. The summed E-state index contributed by atoms with van der Waals surface area (Å²) in [4.78, 5) is 0. The van der Waals surface area contributed by atoms with Crippen molar-refractivity contribution < 1.29 is 9.13 Å². The van der Waals surface area contributed by atoms with Gasteiger partial charge in [0.25, 0.3) is 0 Å². The first kappa shape index (κ1) is 15.0. The van der Waals surface area contributed by atoms with Crippen molar-refractivity contribution in [2.24, 2.45) is 5.92 Å². The van der Waals surface area contributed by atoms with Gasteiger partial charge in [0.15, 0.2) is 0 Å². The van der Waals surface area contributed by atoms with E-state index in [9.17, 15) is 4.39 Å². The number of fused-ring (bicyclic) bond motifs is 3. The van der Waals surface area contributed by atoms with Crippen LogP contribution < -0.4 is 10.1 Å². The Kier molecular flexibility index (Phi) is 3.78. The monoisotopic (exact) mass is 331 g/mol. The zero-order valence-electron chi connectivity index (χ0n) is 13.0. The highest BCUT2D eigenvalue weighted by atomic mass is 35.5. The summed E-state index contributed by atoms with van der Waals surface area (Å²) in [5.41, 5.74) is 3.21. The van der Waals surface area contributed by atoms with Gasteiger partial charge >= 0.3 is 0 Å². The molecule has 3 unspecified atom stereocenters. The van der Waals surface area contributed by atoms with E-state index in [2.05, 4.69) is 18.3 Å². The first-order valence-corrected chi connectivity index (χ1v) is 8.43. The molecule has 1 fully saturated rings. The summed E-state index contributed by atoms with van der Waals surface area (Å²) in [5.74, 6) is 2.09. The van der Waals surface area contributed by atoms with Gasteiger partial charge in [0.05, 0.1) is 5.02 Å². The Balaban J connectivity index is 1.61. The van der Waals surface area contributed by atoms with Gasteiger partial charge in [0.1, 0.15) is 18.2 Å². The molecule has 1 aliphatic carbocycles. The first-order chi connectivity index (χ1) is 11.1. The van der Waals surface area contributed by atoms with E-state index in [0.717, 1.165) is 13.1 Å². The SMILES string of the molecule is CC1c2cc(Cl)c(OCc3ccccc3F)cc2C2CNCC12. The van der Waals surface area contributed by atoms with Gasteiger partial charge in [-0.25, -0.2) is 4.39 Å². The normalized spacial score (nSPS) is 25.3. The van der Waals surface area contributed by atoms with Crippen LogP contribution in [-0.2, 0) is 6.61 Å². The zero-order valence-corrected chi connectivity index (χ0v) is 13.7. The minimum Gasteiger partial charge on any atom is -0.487 e. The predicted molar refractivity (Wildman–Crippen MR) is 89.7 cm³/mol. The fourth-order valence-electron chi connectivity index (χ4n) is 3.98. The molecule has 23 heavy (non-hydrogen) atoms. The predicted octanol–water partition coefficient (Wildman–Crippen LogP) is 4.48. The summed E-state index contributed by atoms with van der Waals surface area (Å²) in [6.07, 6.45) is 0. The number of benzene rings is 2. The molecule has 2 aliphatic rings. The van der Waals surface area contributed by atoms with Gasteiger partial charge in [-0.2, -0.15) is 0 Å². The van der Waals surface area contributed by atoms with E-state index in [1.54, 1.807) is 12.1 Å². The Morgan fingerprint density at radius 2 is 2.04 bits per heavy atom. The molecule has 0 radical (unpaired) electrons. The van der Waals surface area contributed by atoms with Crippen molar-refractivity contribution in [2.45, 2.75) is 25.4 Å². The lowest BCUT2D eigenvalue weighted by Gasteiger charge is -2.14. The van der Waals surface area contributed by atoms with Crippen LogP contribution in [0.25, 0.3) is 0 Å². The van der Waals surface area contributed by atoms with Crippen LogP contribution in [0, 0.1) is 11.7 Å². The van der Waals surface area contributed by atoms with E-state index in [4.69, 9.17) is 16.3 Å². The molecule has 2 aromatic carbocycles. The fourth-order valence-corrected chi connectivity index (χ4v) is 4.20. The van der Waals surface area contributed by atoms with Crippen LogP contribution in [0.15, 0.2) is 36.4 Å². The second-order valence-corrected chi connectivity index (χ2v) is 6.92. The van der Waals surface area contributed by atoms with Crippen molar-refractivity contribution in [3.63, 3.8) is 0 Å². The van der Waals surface area contributed by atoms with E-state index >= 15 is 0 Å². The van der Waals surface area contributed by atoms with Crippen molar-refractivity contribution in [3.8, 4) is 5.75 Å². The van der Waals surface area contributed by atoms with E-state index in [0.29, 0.717) is 34.1 Å². The smallest absolute Gasteiger partial charge is 0.138 e. The quantitative estimate of drug-likeness (QED) is 0.895. The van der Waals surface area contributed by atoms with Crippen molar-refractivity contribution in [3.05, 3.63) is 63.9 Å². The van der Waals surface area contributed by atoms with E-state index in [1.807, 2.05) is 12.1 Å². The van der Waals surface area contributed by atoms with Gasteiger partial charge in [-0.1, -0.05) is 36.7 Å². The molecule has 0 aromatic heterocycles. The van der Waals surface area contributed by atoms with Crippen LogP contribution >= 0.6 is 11.6 Å². The zero-order chi connectivity index (χ0) is 16.0. The van der Waals surface area contributed by atoms with Crippen LogP contribution in [0.2, 0.25) is 5.02 Å². The maximum absolute atomic E-state index is 13.7. The minimum atomic E-state index is -0.251. The highest BCUT2D eigenvalue weighted by molar-refractivity contribution is 6.32. The molecule has 3 atom stereocenters. The molecule has 2 nitrogen and oxygen atoms in total. The molecule has 1 saturated heterocycles. The van der Waals surface area contributed by atoms with Gasteiger partial charge in [-0.3, -0.25) is 0 Å². The number of nitrogens with one attached hydrogen (secondary N) is 1. The molecule has 0 amide bonds. The third kappa shape index (κ3) is 2.52. The van der Waals surface area contributed by atoms with Gasteiger partial charge < -0.3 is 10.1 Å². The molecule has 1 aliphatic heterocycles. The van der Waals surface area contributed by atoms with Crippen molar-refractivity contribution >= 4 is 11.6 Å². The second kappa shape index (κ2) is 5.81. The highest BCUT2D eigenvalue weighted by Crippen LogP contribution is 2.50. The Bertz CT molecular complexity index is 748. The summed E-state index contributed by atoms with van der Waals surface area (Å²) in [6, 6.07) is 10.8. The molecule has 120 valence electrons.